The molecule has 1 fully saturated rings. The summed E-state index contributed by atoms with van der Waals surface area (Å²) >= 11 is 0. The third-order valence-corrected chi connectivity index (χ3v) is 2.79. The van der Waals surface area contributed by atoms with Gasteiger partial charge in [-0.15, -0.1) is 0 Å². The van der Waals surface area contributed by atoms with Gasteiger partial charge in [-0.2, -0.15) is 0 Å². The fourth-order valence-corrected chi connectivity index (χ4v) is 1.98. The topological polar surface area (TPSA) is 53.3 Å². The van der Waals surface area contributed by atoms with E-state index in [1.165, 1.54) is 7.11 Å². The Bertz CT molecular complexity index is 373. The molecule has 1 aliphatic heterocycles. The number of hydrogen-bond acceptors (Lipinski definition) is 3. The molecule has 0 aliphatic carbocycles. The monoisotopic (exact) mass is 219 g/mol. The van der Waals surface area contributed by atoms with E-state index in [4.69, 9.17) is 4.74 Å². The van der Waals surface area contributed by atoms with Crippen molar-refractivity contribution < 1.29 is 9.53 Å². The lowest BCUT2D eigenvalue weighted by molar-refractivity contribution is 0.0597. The first-order valence-corrected chi connectivity index (χ1v) is 5.52. The summed E-state index contributed by atoms with van der Waals surface area (Å²) in [4.78, 5) is 15.8. The minimum Gasteiger partial charge on any atom is -0.465 e. The summed E-state index contributed by atoms with van der Waals surface area (Å²) in [7, 11) is 1.39. The van der Waals surface area contributed by atoms with Gasteiger partial charge in [-0.1, -0.05) is 6.42 Å². The molecular weight excluding hydrogens is 204 g/mol. The average molecular weight is 219 g/mol. The van der Waals surface area contributed by atoms with Crippen molar-refractivity contribution >= 4 is 5.97 Å². The predicted molar refractivity (Wildman–Crippen MR) is 59.2 cm³/mol. The van der Waals surface area contributed by atoms with Crippen molar-refractivity contribution in [1.29, 1.82) is 0 Å². The Balaban J connectivity index is 2.28. The third-order valence-electron chi connectivity index (χ3n) is 2.79. The number of aromatic nitrogens is 1. The van der Waals surface area contributed by atoms with Crippen molar-refractivity contribution in [2.24, 2.45) is 0 Å². The van der Waals surface area contributed by atoms with Crippen LogP contribution in [0.3, 0.4) is 0 Å². The van der Waals surface area contributed by atoms with E-state index in [0.717, 1.165) is 31.5 Å². The van der Waals surface area contributed by atoms with E-state index in [-0.39, 0.29) is 12.0 Å². The van der Waals surface area contributed by atoms with E-state index in [2.05, 4.69) is 10.3 Å². The molecule has 0 amide bonds. The Morgan fingerprint density at radius 2 is 2.38 bits per heavy atom. The maximum absolute atomic E-state index is 11.6. The van der Waals surface area contributed by atoms with Crippen LogP contribution in [0.2, 0.25) is 0 Å². The maximum atomic E-state index is 11.6. The molecule has 16 heavy (non-hydrogen) atoms. The van der Waals surface area contributed by atoms with Gasteiger partial charge in [0, 0.05) is 12.7 Å². The van der Waals surface area contributed by atoms with Crippen molar-refractivity contribution in [3.63, 3.8) is 0 Å². The smallest absolute Gasteiger partial charge is 0.339 e. The Morgan fingerprint density at radius 3 is 3.06 bits per heavy atom. The van der Waals surface area contributed by atoms with E-state index in [1.54, 1.807) is 18.3 Å². The molecule has 85 valence electrons. The summed E-state index contributed by atoms with van der Waals surface area (Å²) in [5.41, 5.74) is 1.30. The van der Waals surface area contributed by atoms with Crippen LogP contribution in [0, 0.1) is 0 Å². The fourth-order valence-electron chi connectivity index (χ4n) is 1.98. The van der Waals surface area contributed by atoms with Gasteiger partial charge in [-0.05, 0) is 25.0 Å². The van der Waals surface area contributed by atoms with Crippen LogP contribution >= 0.6 is 0 Å². The fraction of sp³-hybridized carbons (Fsp3) is 0.500. The number of pyridine rings is 1. The van der Waals surface area contributed by atoms with Crippen LogP contribution in [0.15, 0.2) is 18.3 Å². The van der Waals surface area contributed by atoms with Gasteiger partial charge >= 0.3 is 5.97 Å². The summed E-state index contributed by atoms with van der Waals surface area (Å²) in [5.74, 6) is -0.330. The Morgan fingerprint density at radius 1 is 1.50 bits per heavy atom. The van der Waals surface area contributed by atoms with Crippen LogP contribution in [0.4, 0.5) is 0 Å². The van der Waals surface area contributed by atoms with Gasteiger partial charge in [0.15, 0.2) is 0 Å². The molecular formula is C12H15N2O2. The van der Waals surface area contributed by atoms with Gasteiger partial charge in [0.25, 0.3) is 0 Å². The molecule has 2 rings (SSSR count). The molecule has 1 aliphatic rings. The molecule has 0 spiro atoms. The van der Waals surface area contributed by atoms with Gasteiger partial charge in [-0.3, -0.25) is 4.98 Å². The molecule has 0 N–H and O–H groups in total. The molecule has 4 heteroatoms. The van der Waals surface area contributed by atoms with Crippen LogP contribution in [0.25, 0.3) is 0 Å². The van der Waals surface area contributed by atoms with Crippen molar-refractivity contribution in [2.75, 3.05) is 13.7 Å². The molecule has 1 aromatic rings. The van der Waals surface area contributed by atoms with Crippen molar-refractivity contribution in [1.82, 2.24) is 10.3 Å². The molecule has 0 bridgehead atoms. The van der Waals surface area contributed by atoms with E-state index < -0.39 is 0 Å². The van der Waals surface area contributed by atoms with E-state index in [9.17, 15) is 4.79 Å². The van der Waals surface area contributed by atoms with Crippen molar-refractivity contribution in [2.45, 2.75) is 25.3 Å². The van der Waals surface area contributed by atoms with Crippen molar-refractivity contribution in [3.8, 4) is 0 Å². The highest BCUT2D eigenvalue weighted by molar-refractivity contribution is 5.90. The maximum Gasteiger partial charge on any atom is 0.339 e. The molecule has 1 atom stereocenters. The quantitative estimate of drug-likeness (QED) is 0.711. The average Bonchev–Trinajstić information content (AvgIpc) is 2.39. The molecule has 1 radical (unpaired) electrons. The molecule has 1 saturated heterocycles. The minimum absolute atomic E-state index is 0.0593. The van der Waals surface area contributed by atoms with Crippen LogP contribution in [0.5, 0.6) is 0 Å². The summed E-state index contributed by atoms with van der Waals surface area (Å²) in [6, 6.07) is 3.56. The second kappa shape index (κ2) is 5.07. The van der Waals surface area contributed by atoms with Gasteiger partial charge in [0.05, 0.1) is 24.4 Å². The van der Waals surface area contributed by atoms with E-state index >= 15 is 0 Å². The zero-order valence-corrected chi connectivity index (χ0v) is 9.35. The zero-order chi connectivity index (χ0) is 11.4. The summed E-state index contributed by atoms with van der Waals surface area (Å²) < 4.78 is 4.75. The van der Waals surface area contributed by atoms with Crippen molar-refractivity contribution in [3.05, 3.63) is 29.6 Å². The zero-order valence-electron chi connectivity index (χ0n) is 9.35. The van der Waals surface area contributed by atoms with E-state index in [1.807, 2.05) is 0 Å². The minimum atomic E-state index is -0.330. The van der Waals surface area contributed by atoms with Crippen LogP contribution in [-0.2, 0) is 4.74 Å². The summed E-state index contributed by atoms with van der Waals surface area (Å²) in [5, 5.41) is 4.51. The second-order valence-corrected chi connectivity index (χ2v) is 3.85. The lowest BCUT2D eigenvalue weighted by Gasteiger charge is -2.22. The van der Waals surface area contributed by atoms with Gasteiger partial charge in [0.1, 0.15) is 0 Å². The highest BCUT2D eigenvalue weighted by atomic mass is 16.5. The highest BCUT2D eigenvalue weighted by Gasteiger charge is 2.23. The number of esters is 1. The SMILES string of the molecule is COC(=O)c1cccnc1C1CCCC[N]1. The Hall–Kier alpha value is -1.42. The summed E-state index contributed by atoms with van der Waals surface area (Å²) in [6.07, 6.45) is 4.95. The first-order chi connectivity index (χ1) is 7.83. The number of carbonyl (C=O) groups is 1. The predicted octanol–water partition coefficient (Wildman–Crippen LogP) is 1.70. The number of nitrogens with zero attached hydrogens (tertiary/aromatic N) is 2. The molecule has 2 heterocycles. The van der Waals surface area contributed by atoms with Gasteiger partial charge in [-0.25, -0.2) is 10.1 Å². The highest BCUT2D eigenvalue weighted by Crippen LogP contribution is 2.25. The first-order valence-electron chi connectivity index (χ1n) is 5.52. The number of carbonyl (C=O) groups excluding carboxylic acids is 1. The lowest BCUT2D eigenvalue weighted by atomic mass is 9.98. The largest absolute Gasteiger partial charge is 0.465 e. The normalized spacial score (nSPS) is 20.4. The van der Waals surface area contributed by atoms with Gasteiger partial charge < -0.3 is 4.74 Å². The molecule has 0 saturated carbocycles. The number of ether oxygens (including phenoxy) is 1. The molecule has 1 unspecified atom stereocenters. The van der Waals surface area contributed by atoms with Crippen LogP contribution in [-0.4, -0.2) is 24.6 Å². The number of piperidine rings is 1. The number of hydrogen-bond donors (Lipinski definition) is 0. The summed E-state index contributed by atoms with van der Waals surface area (Å²) in [6.45, 7) is 0.863. The van der Waals surface area contributed by atoms with Crippen LogP contribution < -0.4 is 5.32 Å². The molecule has 0 aromatic carbocycles. The lowest BCUT2D eigenvalue weighted by Crippen LogP contribution is -2.23. The first kappa shape index (κ1) is 11.1. The molecule has 1 aromatic heterocycles. The second-order valence-electron chi connectivity index (χ2n) is 3.85. The Kier molecular flexibility index (Phi) is 3.51. The number of rotatable bonds is 2. The van der Waals surface area contributed by atoms with E-state index in [0.29, 0.717) is 5.56 Å². The molecule has 4 nitrogen and oxygen atoms in total. The van der Waals surface area contributed by atoms with Gasteiger partial charge in [0.2, 0.25) is 0 Å². The standard InChI is InChI=1S/C12H15N2O2/c1-16-12(15)9-5-4-8-14-11(9)10-6-2-3-7-13-10/h4-5,8,10H,2-3,6-7H2,1H3. The van der Waals surface area contributed by atoms with Crippen LogP contribution in [0.1, 0.15) is 41.4 Å². The number of methoxy groups -OCH3 is 1. The third kappa shape index (κ3) is 2.22. The Labute approximate surface area is 95.0 Å².